The SMILES string of the molecule is c1cc(NC2CCN(Cc3cnccn3)C2)ncn1. The van der Waals surface area contributed by atoms with Crippen molar-refractivity contribution in [1.29, 1.82) is 0 Å². The number of nitrogens with one attached hydrogen (secondary N) is 1. The van der Waals surface area contributed by atoms with Crippen molar-refractivity contribution in [2.45, 2.75) is 19.0 Å². The molecule has 1 fully saturated rings. The number of hydrogen-bond acceptors (Lipinski definition) is 6. The minimum Gasteiger partial charge on any atom is -0.366 e. The zero-order valence-electron chi connectivity index (χ0n) is 10.6. The summed E-state index contributed by atoms with van der Waals surface area (Å²) in [7, 11) is 0. The first-order chi connectivity index (χ1) is 9.40. The Bertz CT molecular complexity index is 456. The lowest BCUT2D eigenvalue weighted by Gasteiger charge is -2.16. The van der Waals surface area contributed by atoms with Crippen LogP contribution < -0.4 is 5.32 Å². The predicted molar refractivity (Wildman–Crippen MR) is 71.4 cm³/mol. The van der Waals surface area contributed by atoms with Crippen molar-refractivity contribution in [2.24, 2.45) is 0 Å². The van der Waals surface area contributed by atoms with E-state index in [-0.39, 0.29) is 0 Å². The Hall–Kier alpha value is -2.08. The number of hydrogen-bond donors (Lipinski definition) is 1. The van der Waals surface area contributed by atoms with E-state index >= 15 is 0 Å². The Morgan fingerprint density at radius 2 is 2.21 bits per heavy atom. The van der Waals surface area contributed by atoms with Crippen LogP contribution in [0.3, 0.4) is 0 Å². The van der Waals surface area contributed by atoms with Crippen LogP contribution in [0.5, 0.6) is 0 Å². The molecule has 0 aromatic carbocycles. The Morgan fingerprint density at radius 3 is 3.00 bits per heavy atom. The molecule has 0 amide bonds. The summed E-state index contributed by atoms with van der Waals surface area (Å²) in [6.07, 6.45) is 9.70. The Kier molecular flexibility index (Phi) is 3.60. The van der Waals surface area contributed by atoms with E-state index in [0.29, 0.717) is 6.04 Å². The van der Waals surface area contributed by atoms with Crippen LogP contribution in [0.25, 0.3) is 0 Å². The topological polar surface area (TPSA) is 66.8 Å². The van der Waals surface area contributed by atoms with Crippen molar-refractivity contribution in [3.8, 4) is 0 Å². The predicted octanol–water partition coefficient (Wildman–Crippen LogP) is 0.953. The van der Waals surface area contributed by atoms with Gasteiger partial charge in [0.15, 0.2) is 0 Å². The summed E-state index contributed by atoms with van der Waals surface area (Å²) in [5.41, 5.74) is 1.02. The molecule has 1 unspecified atom stereocenters. The largest absolute Gasteiger partial charge is 0.366 e. The number of aromatic nitrogens is 4. The van der Waals surface area contributed by atoms with Gasteiger partial charge in [-0.25, -0.2) is 9.97 Å². The van der Waals surface area contributed by atoms with Gasteiger partial charge in [-0.05, 0) is 12.5 Å². The van der Waals surface area contributed by atoms with E-state index in [4.69, 9.17) is 0 Å². The van der Waals surface area contributed by atoms with Crippen molar-refractivity contribution in [3.63, 3.8) is 0 Å². The van der Waals surface area contributed by atoms with Crippen LogP contribution >= 0.6 is 0 Å². The lowest BCUT2D eigenvalue weighted by Crippen LogP contribution is -2.26. The Labute approximate surface area is 111 Å². The second-order valence-electron chi connectivity index (χ2n) is 4.66. The molecule has 6 nitrogen and oxygen atoms in total. The van der Waals surface area contributed by atoms with Crippen molar-refractivity contribution in [3.05, 3.63) is 42.9 Å². The van der Waals surface area contributed by atoms with Crippen LogP contribution in [0.4, 0.5) is 5.82 Å². The first-order valence-electron chi connectivity index (χ1n) is 6.40. The highest BCUT2D eigenvalue weighted by Crippen LogP contribution is 2.15. The van der Waals surface area contributed by atoms with Gasteiger partial charge in [-0.1, -0.05) is 0 Å². The van der Waals surface area contributed by atoms with Gasteiger partial charge >= 0.3 is 0 Å². The standard InChI is InChI=1S/C13H16N6/c1-3-15-10-17-13(1)18-11-2-6-19(8-11)9-12-7-14-4-5-16-12/h1,3-5,7,10-11H,2,6,8-9H2,(H,15,17,18). The molecule has 2 aromatic heterocycles. The number of anilines is 1. The van der Waals surface area contributed by atoms with Gasteiger partial charge in [-0.2, -0.15) is 0 Å². The van der Waals surface area contributed by atoms with Gasteiger partial charge in [0.2, 0.25) is 0 Å². The quantitative estimate of drug-likeness (QED) is 0.878. The summed E-state index contributed by atoms with van der Waals surface area (Å²) >= 11 is 0. The molecule has 3 heterocycles. The maximum Gasteiger partial charge on any atom is 0.129 e. The van der Waals surface area contributed by atoms with Gasteiger partial charge < -0.3 is 5.32 Å². The van der Waals surface area contributed by atoms with Gasteiger partial charge in [-0.3, -0.25) is 14.9 Å². The van der Waals surface area contributed by atoms with Crippen LogP contribution in [0.15, 0.2) is 37.2 Å². The van der Waals surface area contributed by atoms with E-state index in [2.05, 4.69) is 30.2 Å². The van der Waals surface area contributed by atoms with Crippen LogP contribution in [0.1, 0.15) is 12.1 Å². The van der Waals surface area contributed by atoms with Crippen LogP contribution in [0.2, 0.25) is 0 Å². The molecule has 3 rings (SSSR count). The van der Waals surface area contributed by atoms with Gasteiger partial charge in [0.25, 0.3) is 0 Å². The molecule has 1 aliphatic heterocycles. The Morgan fingerprint density at radius 1 is 1.21 bits per heavy atom. The molecular formula is C13H16N6. The first-order valence-corrected chi connectivity index (χ1v) is 6.40. The van der Waals surface area contributed by atoms with Gasteiger partial charge in [0, 0.05) is 50.5 Å². The first kappa shape index (κ1) is 12.0. The minimum atomic E-state index is 0.437. The van der Waals surface area contributed by atoms with Gasteiger partial charge in [-0.15, -0.1) is 0 Å². The van der Waals surface area contributed by atoms with E-state index in [1.54, 1.807) is 24.9 Å². The third-order valence-corrected chi connectivity index (χ3v) is 3.21. The molecule has 0 spiro atoms. The molecule has 0 aliphatic carbocycles. The molecule has 19 heavy (non-hydrogen) atoms. The zero-order valence-corrected chi connectivity index (χ0v) is 10.6. The molecular weight excluding hydrogens is 240 g/mol. The minimum absolute atomic E-state index is 0.437. The van der Waals surface area contributed by atoms with Crippen molar-refractivity contribution >= 4 is 5.82 Å². The van der Waals surface area contributed by atoms with Crippen LogP contribution in [-0.4, -0.2) is 44.0 Å². The van der Waals surface area contributed by atoms with Crippen molar-refractivity contribution < 1.29 is 0 Å². The molecule has 0 radical (unpaired) electrons. The molecule has 1 aliphatic rings. The summed E-state index contributed by atoms with van der Waals surface area (Å²) in [6.45, 7) is 2.93. The van der Waals surface area contributed by atoms with E-state index in [9.17, 15) is 0 Å². The van der Waals surface area contributed by atoms with Gasteiger partial charge in [0.1, 0.15) is 12.1 Å². The molecule has 98 valence electrons. The summed E-state index contributed by atoms with van der Waals surface area (Å²) < 4.78 is 0. The fourth-order valence-electron chi connectivity index (χ4n) is 2.32. The highest BCUT2D eigenvalue weighted by molar-refractivity contribution is 5.33. The van der Waals surface area contributed by atoms with E-state index in [0.717, 1.165) is 37.6 Å². The molecule has 1 saturated heterocycles. The summed E-state index contributed by atoms with van der Waals surface area (Å²) in [4.78, 5) is 18.9. The number of rotatable bonds is 4. The normalized spacial score (nSPS) is 19.5. The average molecular weight is 256 g/mol. The lowest BCUT2D eigenvalue weighted by molar-refractivity contribution is 0.324. The molecule has 6 heteroatoms. The fourth-order valence-corrected chi connectivity index (χ4v) is 2.32. The third kappa shape index (κ3) is 3.23. The van der Waals surface area contributed by atoms with Crippen molar-refractivity contribution in [2.75, 3.05) is 18.4 Å². The summed E-state index contributed by atoms with van der Waals surface area (Å²) in [5.74, 6) is 0.890. The van der Waals surface area contributed by atoms with E-state index < -0.39 is 0 Å². The second kappa shape index (κ2) is 5.71. The maximum absolute atomic E-state index is 4.31. The smallest absolute Gasteiger partial charge is 0.129 e. The highest BCUT2D eigenvalue weighted by atomic mass is 15.2. The maximum atomic E-state index is 4.31. The van der Waals surface area contributed by atoms with E-state index in [1.807, 2.05) is 12.3 Å². The number of likely N-dealkylation sites (tertiary alicyclic amines) is 1. The molecule has 1 N–H and O–H groups in total. The fraction of sp³-hybridized carbons (Fsp3) is 0.385. The van der Waals surface area contributed by atoms with Crippen LogP contribution in [-0.2, 0) is 6.54 Å². The number of nitrogens with zero attached hydrogens (tertiary/aromatic N) is 5. The summed E-state index contributed by atoms with van der Waals surface area (Å²) in [5, 5.41) is 3.43. The zero-order chi connectivity index (χ0) is 12.9. The highest BCUT2D eigenvalue weighted by Gasteiger charge is 2.22. The molecule has 0 bridgehead atoms. The van der Waals surface area contributed by atoms with Crippen LogP contribution in [0, 0.1) is 0 Å². The summed E-state index contributed by atoms with van der Waals surface area (Å²) in [6, 6.07) is 2.33. The lowest BCUT2D eigenvalue weighted by atomic mass is 10.2. The molecule has 2 aromatic rings. The van der Waals surface area contributed by atoms with Crippen molar-refractivity contribution in [1.82, 2.24) is 24.8 Å². The Balaban J connectivity index is 1.53. The second-order valence-corrected chi connectivity index (χ2v) is 4.66. The third-order valence-electron chi connectivity index (χ3n) is 3.21. The molecule has 1 atom stereocenters. The monoisotopic (exact) mass is 256 g/mol. The van der Waals surface area contributed by atoms with Gasteiger partial charge in [0.05, 0.1) is 5.69 Å². The molecule has 0 saturated carbocycles. The average Bonchev–Trinajstić information content (AvgIpc) is 2.88. The van der Waals surface area contributed by atoms with E-state index in [1.165, 1.54) is 0 Å².